The molecule has 4 N–H and O–H groups in total. The van der Waals surface area contributed by atoms with Crippen molar-refractivity contribution in [2.24, 2.45) is 5.73 Å². The fraction of sp³-hybridized carbons (Fsp3) is 0.600. The predicted octanol–water partition coefficient (Wildman–Crippen LogP) is 2.88. The molecule has 1 aromatic rings. The van der Waals surface area contributed by atoms with E-state index in [1.807, 2.05) is 46.8 Å². The topological polar surface area (TPSA) is 131 Å². The van der Waals surface area contributed by atoms with Crippen LogP contribution in [0.2, 0.25) is 0 Å². The molecule has 0 aliphatic heterocycles. The van der Waals surface area contributed by atoms with Crippen LogP contribution in [0.3, 0.4) is 0 Å². The van der Waals surface area contributed by atoms with E-state index in [1.54, 1.807) is 26.8 Å². The van der Waals surface area contributed by atoms with Crippen LogP contribution < -0.4 is 16.4 Å². The Morgan fingerprint density at radius 1 is 1.06 bits per heavy atom. The van der Waals surface area contributed by atoms with Gasteiger partial charge in [-0.1, -0.05) is 18.2 Å². The van der Waals surface area contributed by atoms with Crippen molar-refractivity contribution < 1.29 is 23.9 Å². The van der Waals surface area contributed by atoms with Gasteiger partial charge in [0.1, 0.15) is 17.7 Å². The minimum atomic E-state index is -1.11. The molecule has 0 saturated carbocycles. The van der Waals surface area contributed by atoms with Crippen molar-refractivity contribution in [3.63, 3.8) is 0 Å². The number of carbonyl (C=O) groups excluding carboxylic acids is 4. The number of carbonyl (C=O) groups is 4. The lowest BCUT2D eigenvalue weighted by atomic mass is 9.94. The van der Waals surface area contributed by atoms with Gasteiger partial charge < -0.3 is 26.0 Å². The number of aryl methyl sites for hydroxylation is 1. The molecular formula is C25H40N4O5. The van der Waals surface area contributed by atoms with Gasteiger partial charge >= 0.3 is 6.09 Å². The predicted molar refractivity (Wildman–Crippen MR) is 131 cm³/mol. The average Bonchev–Trinajstić information content (AvgIpc) is 2.65. The summed E-state index contributed by atoms with van der Waals surface area (Å²) >= 11 is 0. The summed E-state index contributed by atoms with van der Waals surface area (Å²) in [6.07, 6.45) is -0.952. The number of likely N-dealkylation sites (N-methyl/N-ethyl adjacent to an activating group) is 1. The van der Waals surface area contributed by atoms with Crippen LogP contribution in [0.1, 0.15) is 77.1 Å². The van der Waals surface area contributed by atoms with Crippen molar-refractivity contribution in [2.75, 3.05) is 7.05 Å². The van der Waals surface area contributed by atoms with Crippen LogP contribution in [0.5, 0.6) is 0 Å². The second kappa shape index (κ2) is 11.4. The molecule has 0 saturated heterocycles. The highest BCUT2D eigenvalue weighted by atomic mass is 16.6. The van der Waals surface area contributed by atoms with Crippen LogP contribution in [0.25, 0.3) is 0 Å². The van der Waals surface area contributed by atoms with Crippen molar-refractivity contribution in [1.29, 1.82) is 0 Å². The second-order valence-corrected chi connectivity index (χ2v) is 10.6. The van der Waals surface area contributed by atoms with Gasteiger partial charge in [0.05, 0.1) is 0 Å². The number of nitrogens with zero attached hydrogens (tertiary/aromatic N) is 1. The number of benzene rings is 1. The normalized spacial score (nSPS) is 13.4. The monoisotopic (exact) mass is 476 g/mol. The lowest BCUT2D eigenvalue weighted by Crippen LogP contribution is -2.53. The van der Waals surface area contributed by atoms with Crippen LogP contribution in [0.4, 0.5) is 4.79 Å². The Balaban J connectivity index is 3.38. The van der Waals surface area contributed by atoms with Gasteiger partial charge in [0.25, 0.3) is 0 Å². The fourth-order valence-electron chi connectivity index (χ4n) is 3.40. The maximum absolute atomic E-state index is 13.6. The van der Waals surface area contributed by atoms with Crippen LogP contribution >= 0.6 is 0 Å². The van der Waals surface area contributed by atoms with Gasteiger partial charge in [-0.2, -0.15) is 0 Å². The van der Waals surface area contributed by atoms with Crippen LogP contribution in [-0.2, 0) is 19.1 Å². The molecule has 34 heavy (non-hydrogen) atoms. The minimum Gasteiger partial charge on any atom is -0.444 e. The molecule has 0 aromatic heterocycles. The number of hydrogen-bond donors (Lipinski definition) is 3. The van der Waals surface area contributed by atoms with E-state index in [1.165, 1.54) is 11.9 Å². The number of hydrogen-bond acceptors (Lipinski definition) is 5. The number of nitrogens with two attached hydrogens (primary N) is 1. The van der Waals surface area contributed by atoms with Crippen molar-refractivity contribution in [3.05, 3.63) is 34.9 Å². The van der Waals surface area contributed by atoms with Gasteiger partial charge in [0, 0.05) is 19.0 Å². The first-order valence-corrected chi connectivity index (χ1v) is 11.4. The molecule has 4 amide bonds. The number of alkyl carbamates (subject to hydrolysis) is 1. The lowest BCUT2D eigenvalue weighted by molar-refractivity contribution is -0.141. The molecule has 0 fully saturated rings. The maximum Gasteiger partial charge on any atom is 0.408 e. The van der Waals surface area contributed by atoms with E-state index in [9.17, 15) is 19.2 Å². The first-order valence-electron chi connectivity index (χ1n) is 11.4. The molecule has 2 atom stereocenters. The number of ether oxygens (including phenoxy) is 1. The Kier molecular flexibility index (Phi) is 9.66. The fourth-order valence-corrected chi connectivity index (χ4v) is 3.40. The van der Waals surface area contributed by atoms with Crippen molar-refractivity contribution in [2.45, 2.75) is 91.5 Å². The number of amides is 4. The Morgan fingerprint density at radius 2 is 1.65 bits per heavy atom. The van der Waals surface area contributed by atoms with E-state index in [2.05, 4.69) is 10.6 Å². The van der Waals surface area contributed by atoms with E-state index >= 15 is 0 Å². The van der Waals surface area contributed by atoms with E-state index in [4.69, 9.17) is 10.5 Å². The van der Waals surface area contributed by atoms with Crippen molar-refractivity contribution in [3.8, 4) is 0 Å². The molecule has 0 spiro atoms. The Morgan fingerprint density at radius 3 is 2.15 bits per heavy atom. The third kappa shape index (κ3) is 9.03. The molecule has 9 heteroatoms. The summed E-state index contributed by atoms with van der Waals surface area (Å²) in [5.74, 6) is -1.51. The summed E-state index contributed by atoms with van der Waals surface area (Å²) in [7, 11) is 1.51. The van der Waals surface area contributed by atoms with E-state index in [0.29, 0.717) is 5.56 Å². The molecular weight excluding hydrogens is 436 g/mol. The molecule has 0 aliphatic rings. The Hall–Kier alpha value is -3.10. The quantitative estimate of drug-likeness (QED) is 0.531. The van der Waals surface area contributed by atoms with Crippen LogP contribution in [0, 0.1) is 13.8 Å². The molecule has 0 bridgehead atoms. The number of primary amides is 1. The summed E-state index contributed by atoms with van der Waals surface area (Å²) in [5.41, 5.74) is 6.50. The lowest BCUT2D eigenvalue weighted by Gasteiger charge is -2.34. The number of nitrogens with one attached hydrogen (secondary N) is 2. The first-order chi connectivity index (χ1) is 15.4. The first kappa shape index (κ1) is 28.9. The van der Waals surface area contributed by atoms with Gasteiger partial charge in [-0.15, -0.1) is 0 Å². The van der Waals surface area contributed by atoms with E-state index in [-0.39, 0.29) is 18.7 Å². The summed E-state index contributed by atoms with van der Waals surface area (Å²) in [6, 6.07) is 3.50. The third-order valence-corrected chi connectivity index (χ3v) is 5.09. The van der Waals surface area contributed by atoms with Gasteiger partial charge in [0.2, 0.25) is 17.7 Å². The summed E-state index contributed by atoms with van der Waals surface area (Å²) in [4.78, 5) is 52.0. The Bertz CT molecular complexity index is 915. The number of rotatable bonds is 8. The molecule has 190 valence electrons. The highest BCUT2D eigenvalue weighted by molar-refractivity contribution is 5.92. The zero-order valence-electron chi connectivity index (χ0n) is 21.9. The largest absolute Gasteiger partial charge is 0.444 e. The summed E-state index contributed by atoms with van der Waals surface area (Å²) in [5, 5.41) is 5.48. The van der Waals surface area contributed by atoms with Gasteiger partial charge in [-0.3, -0.25) is 14.4 Å². The SMILES string of the molecule is Cc1cccc(C(C(=O)NC(C)(C)C)N(C)C(=O)C(CCC(N)=O)NC(=O)OC(C)(C)C)c1C. The highest BCUT2D eigenvalue weighted by Crippen LogP contribution is 2.27. The second-order valence-electron chi connectivity index (χ2n) is 10.6. The van der Waals surface area contributed by atoms with Crippen molar-refractivity contribution in [1.82, 2.24) is 15.5 Å². The van der Waals surface area contributed by atoms with E-state index < -0.39 is 41.1 Å². The average molecular weight is 477 g/mol. The summed E-state index contributed by atoms with van der Waals surface area (Å²) in [6.45, 7) is 14.5. The molecule has 0 aliphatic carbocycles. The zero-order valence-corrected chi connectivity index (χ0v) is 21.9. The standard InChI is InChI=1S/C25H40N4O5/c1-15-11-10-12-17(16(15)2)20(21(31)28-24(3,4)5)29(9)22(32)18(13-14-19(26)30)27-23(33)34-25(6,7)8/h10-12,18,20H,13-14H2,1-9H3,(H2,26,30)(H,27,33)(H,28,31). The highest BCUT2D eigenvalue weighted by Gasteiger charge is 2.36. The minimum absolute atomic E-state index is 0.0296. The van der Waals surface area contributed by atoms with E-state index in [0.717, 1.165) is 11.1 Å². The molecule has 0 heterocycles. The maximum atomic E-state index is 13.6. The van der Waals surface area contributed by atoms with Crippen molar-refractivity contribution >= 4 is 23.8 Å². The van der Waals surface area contributed by atoms with Gasteiger partial charge in [-0.25, -0.2) is 4.79 Å². The van der Waals surface area contributed by atoms with Gasteiger partial charge in [0.15, 0.2) is 0 Å². The Labute approximate surface area is 202 Å². The smallest absolute Gasteiger partial charge is 0.408 e. The molecule has 0 radical (unpaired) electrons. The third-order valence-electron chi connectivity index (χ3n) is 5.09. The molecule has 2 unspecified atom stereocenters. The van der Waals surface area contributed by atoms with Crippen LogP contribution in [-0.4, -0.2) is 52.9 Å². The molecule has 1 rings (SSSR count). The zero-order chi connectivity index (χ0) is 26.4. The molecule has 1 aromatic carbocycles. The summed E-state index contributed by atoms with van der Waals surface area (Å²) < 4.78 is 5.28. The molecule has 9 nitrogen and oxygen atoms in total. The van der Waals surface area contributed by atoms with Gasteiger partial charge in [-0.05, 0) is 78.5 Å². The van der Waals surface area contributed by atoms with Crippen LogP contribution in [0.15, 0.2) is 18.2 Å².